The van der Waals surface area contributed by atoms with Gasteiger partial charge in [-0.3, -0.25) is 0 Å². The Kier molecular flexibility index (Phi) is 2.60. The lowest BCUT2D eigenvalue weighted by atomic mass is 10.4. The highest BCUT2D eigenvalue weighted by Crippen LogP contribution is 2.33. The van der Waals surface area contributed by atoms with E-state index in [1.807, 2.05) is 17.8 Å². The molecule has 3 aromatic rings. The fraction of sp³-hybridized carbons (Fsp3) is 0.182. The number of aromatic nitrogens is 4. The molecule has 0 aliphatic carbocycles. The van der Waals surface area contributed by atoms with E-state index in [4.69, 9.17) is 0 Å². The van der Waals surface area contributed by atoms with Crippen molar-refractivity contribution in [1.82, 2.24) is 19.5 Å². The SMILES string of the molecule is Cc1cc2c(Sc3nccn3C)ncnc2s1. The van der Waals surface area contributed by atoms with Crippen LogP contribution < -0.4 is 0 Å². The van der Waals surface area contributed by atoms with Crippen LogP contribution in [0, 0.1) is 6.92 Å². The molecule has 4 nitrogen and oxygen atoms in total. The van der Waals surface area contributed by atoms with Crippen LogP contribution in [0.25, 0.3) is 10.2 Å². The number of thiophene rings is 1. The van der Waals surface area contributed by atoms with Crippen molar-refractivity contribution in [2.24, 2.45) is 7.05 Å². The molecule has 3 aromatic heterocycles. The van der Waals surface area contributed by atoms with Crippen LogP contribution in [-0.4, -0.2) is 19.5 Å². The lowest BCUT2D eigenvalue weighted by Gasteiger charge is -2.01. The highest BCUT2D eigenvalue weighted by atomic mass is 32.2. The van der Waals surface area contributed by atoms with Crippen LogP contribution in [-0.2, 0) is 7.05 Å². The van der Waals surface area contributed by atoms with Gasteiger partial charge in [0.1, 0.15) is 16.2 Å². The molecule has 0 saturated carbocycles. The van der Waals surface area contributed by atoms with E-state index in [9.17, 15) is 0 Å². The molecule has 0 unspecified atom stereocenters. The third-order valence-corrected chi connectivity index (χ3v) is 4.43. The summed E-state index contributed by atoms with van der Waals surface area (Å²) in [6.45, 7) is 2.08. The van der Waals surface area contributed by atoms with Crippen molar-refractivity contribution in [3.8, 4) is 0 Å². The molecule has 0 aromatic carbocycles. The minimum Gasteiger partial charge on any atom is -0.329 e. The van der Waals surface area contributed by atoms with Crippen LogP contribution in [0.4, 0.5) is 0 Å². The Bertz CT molecular complexity index is 671. The van der Waals surface area contributed by atoms with Gasteiger partial charge < -0.3 is 4.57 Å². The summed E-state index contributed by atoms with van der Waals surface area (Å²) in [5, 5.41) is 3.02. The normalized spacial score (nSPS) is 11.2. The third kappa shape index (κ3) is 1.94. The number of fused-ring (bicyclic) bond motifs is 1. The van der Waals surface area contributed by atoms with E-state index in [1.165, 1.54) is 4.88 Å². The maximum Gasteiger partial charge on any atom is 0.174 e. The Morgan fingerprint density at radius 1 is 1.29 bits per heavy atom. The first-order valence-corrected chi connectivity index (χ1v) is 6.73. The number of imidazole rings is 1. The van der Waals surface area contributed by atoms with Crippen molar-refractivity contribution in [3.63, 3.8) is 0 Å². The molecular weight excluding hydrogens is 252 g/mol. The maximum atomic E-state index is 4.34. The lowest BCUT2D eigenvalue weighted by molar-refractivity contribution is 0.789. The van der Waals surface area contributed by atoms with Crippen molar-refractivity contribution < 1.29 is 0 Å². The van der Waals surface area contributed by atoms with Crippen LogP contribution >= 0.6 is 23.1 Å². The molecule has 0 amide bonds. The molecule has 0 aliphatic heterocycles. The second kappa shape index (κ2) is 4.12. The summed E-state index contributed by atoms with van der Waals surface area (Å²) in [4.78, 5) is 15.2. The fourth-order valence-corrected chi connectivity index (χ4v) is 3.34. The first-order valence-electron chi connectivity index (χ1n) is 5.10. The molecule has 3 heterocycles. The van der Waals surface area contributed by atoms with Crippen molar-refractivity contribution in [3.05, 3.63) is 29.7 Å². The summed E-state index contributed by atoms with van der Waals surface area (Å²) in [5.41, 5.74) is 0. The zero-order valence-corrected chi connectivity index (χ0v) is 11.0. The van der Waals surface area contributed by atoms with Crippen molar-refractivity contribution in [1.29, 1.82) is 0 Å². The zero-order chi connectivity index (χ0) is 11.8. The number of hydrogen-bond acceptors (Lipinski definition) is 5. The Balaban J connectivity index is 2.08. The summed E-state index contributed by atoms with van der Waals surface area (Å²) in [6.07, 6.45) is 5.34. The van der Waals surface area contributed by atoms with E-state index in [1.54, 1.807) is 35.6 Å². The topological polar surface area (TPSA) is 43.6 Å². The third-order valence-electron chi connectivity index (χ3n) is 2.38. The van der Waals surface area contributed by atoms with E-state index in [-0.39, 0.29) is 0 Å². The van der Waals surface area contributed by atoms with Gasteiger partial charge >= 0.3 is 0 Å². The average molecular weight is 262 g/mol. The van der Waals surface area contributed by atoms with E-state index >= 15 is 0 Å². The molecule has 0 bridgehead atoms. The summed E-state index contributed by atoms with van der Waals surface area (Å²) >= 11 is 3.26. The van der Waals surface area contributed by atoms with Gasteiger partial charge in [-0.1, -0.05) is 0 Å². The van der Waals surface area contributed by atoms with Crippen molar-refractivity contribution in [2.75, 3.05) is 0 Å². The molecule has 0 saturated heterocycles. The van der Waals surface area contributed by atoms with Gasteiger partial charge in [0.15, 0.2) is 5.16 Å². The van der Waals surface area contributed by atoms with Crippen LogP contribution in [0.2, 0.25) is 0 Å². The minimum absolute atomic E-state index is 0.939. The number of rotatable bonds is 2. The Morgan fingerprint density at radius 3 is 2.94 bits per heavy atom. The molecule has 0 spiro atoms. The summed E-state index contributed by atoms with van der Waals surface area (Å²) in [7, 11) is 1.98. The highest BCUT2D eigenvalue weighted by Gasteiger charge is 2.10. The molecule has 86 valence electrons. The van der Waals surface area contributed by atoms with Crippen LogP contribution in [0.1, 0.15) is 4.88 Å². The Labute approximate surface area is 107 Å². The standard InChI is InChI=1S/C11H10N4S2/c1-7-5-8-9(16-7)13-6-14-10(8)17-11-12-3-4-15(11)2/h3-6H,1-2H3. The first kappa shape index (κ1) is 10.7. The van der Waals surface area contributed by atoms with Gasteiger partial charge in [-0.2, -0.15) is 0 Å². The predicted octanol–water partition coefficient (Wildman–Crippen LogP) is 2.88. The average Bonchev–Trinajstić information content (AvgIpc) is 2.85. The van der Waals surface area contributed by atoms with Gasteiger partial charge in [0.05, 0.1) is 0 Å². The smallest absolute Gasteiger partial charge is 0.174 e. The molecule has 6 heteroatoms. The number of hydrogen-bond donors (Lipinski definition) is 0. The van der Waals surface area contributed by atoms with Gasteiger partial charge in [0, 0.05) is 29.7 Å². The lowest BCUT2D eigenvalue weighted by Crippen LogP contribution is -1.90. The Hall–Kier alpha value is -1.40. The van der Waals surface area contributed by atoms with Crippen LogP contribution in [0.15, 0.2) is 35.0 Å². The fourth-order valence-electron chi connectivity index (χ4n) is 1.57. The quantitative estimate of drug-likeness (QED) is 0.666. The largest absolute Gasteiger partial charge is 0.329 e. The predicted molar refractivity (Wildman–Crippen MR) is 69.5 cm³/mol. The molecule has 3 rings (SSSR count). The second-order valence-electron chi connectivity index (χ2n) is 3.68. The van der Waals surface area contributed by atoms with Crippen LogP contribution in [0.5, 0.6) is 0 Å². The molecule has 0 atom stereocenters. The highest BCUT2D eigenvalue weighted by molar-refractivity contribution is 7.99. The molecule has 17 heavy (non-hydrogen) atoms. The summed E-state index contributed by atoms with van der Waals surface area (Å²) < 4.78 is 1.98. The van der Waals surface area contributed by atoms with Crippen LogP contribution in [0.3, 0.4) is 0 Å². The van der Waals surface area contributed by atoms with Gasteiger partial charge in [-0.25, -0.2) is 15.0 Å². The van der Waals surface area contributed by atoms with E-state index in [0.29, 0.717) is 0 Å². The number of aryl methyl sites for hydroxylation is 2. The Morgan fingerprint density at radius 2 is 2.18 bits per heavy atom. The molecule has 0 fully saturated rings. The van der Waals surface area contributed by atoms with Crippen molar-refractivity contribution >= 4 is 33.3 Å². The zero-order valence-electron chi connectivity index (χ0n) is 9.41. The minimum atomic E-state index is 0.939. The van der Waals surface area contributed by atoms with E-state index in [0.717, 1.165) is 20.4 Å². The van der Waals surface area contributed by atoms with E-state index in [2.05, 4.69) is 27.9 Å². The summed E-state index contributed by atoms with van der Waals surface area (Å²) in [6, 6.07) is 2.13. The molecule has 0 N–H and O–H groups in total. The summed E-state index contributed by atoms with van der Waals surface area (Å²) in [5.74, 6) is 0. The number of nitrogens with zero attached hydrogens (tertiary/aromatic N) is 4. The van der Waals surface area contributed by atoms with Gasteiger partial charge in [-0.05, 0) is 24.8 Å². The monoisotopic (exact) mass is 262 g/mol. The van der Waals surface area contributed by atoms with E-state index < -0.39 is 0 Å². The molecule has 0 aliphatic rings. The maximum absolute atomic E-state index is 4.34. The van der Waals surface area contributed by atoms with Gasteiger partial charge in [0.2, 0.25) is 0 Å². The molecular formula is C11H10N4S2. The first-order chi connectivity index (χ1) is 8.24. The van der Waals surface area contributed by atoms with Crippen molar-refractivity contribution in [2.45, 2.75) is 17.1 Å². The van der Waals surface area contributed by atoms with Gasteiger partial charge in [0.25, 0.3) is 0 Å². The second-order valence-corrected chi connectivity index (χ2v) is 5.87. The molecule has 0 radical (unpaired) electrons. The van der Waals surface area contributed by atoms with Gasteiger partial charge in [-0.15, -0.1) is 11.3 Å².